The summed E-state index contributed by atoms with van der Waals surface area (Å²) in [7, 11) is 0. The Kier molecular flexibility index (Phi) is 3.43. The van der Waals surface area contributed by atoms with E-state index in [2.05, 4.69) is 19.9 Å². The lowest BCUT2D eigenvalue weighted by Gasteiger charge is -2.28. The molecule has 3 aromatic rings. The van der Waals surface area contributed by atoms with Crippen LogP contribution in [0.5, 0.6) is 0 Å². The number of fused-ring (bicyclic) bond motifs is 2. The highest BCUT2D eigenvalue weighted by Crippen LogP contribution is 2.27. The molecule has 3 heterocycles. The van der Waals surface area contributed by atoms with Gasteiger partial charge in [-0.25, -0.2) is 9.97 Å². The highest BCUT2D eigenvalue weighted by molar-refractivity contribution is 6.42. The minimum absolute atomic E-state index is 0.0688. The number of benzene rings is 1. The molecule has 6 nitrogen and oxygen atoms in total. The molecular weight excluding hydrogens is 337 g/mol. The van der Waals surface area contributed by atoms with Gasteiger partial charge < -0.3 is 9.88 Å². The van der Waals surface area contributed by atoms with Crippen LogP contribution in [0.15, 0.2) is 29.5 Å². The fraction of sp³-hybridized carbons (Fsp3) is 0.200. The van der Waals surface area contributed by atoms with E-state index in [9.17, 15) is 4.79 Å². The van der Waals surface area contributed by atoms with E-state index in [0.29, 0.717) is 40.6 Å². The highest BCUT2D eigenvalue weighted by Gasteiger charge is 2.21. The van der Waals surface area contributed by atoms with Crippen molar-refractivity contribution in [3.8, 4) is 0 Å². The fourth-order valence-electron chi connectivity index (χ4n) is 2.71. The number of hydrogen-bond donors (Lipinski definition) is 1. The summed E-state index contributed by atoms with van der Waals surface area (Å²) < 4.78 is 0. The van der Waals surface area contributed by atoms with Gasteiger partial charge in [-0.3, -0.25) is 9.78 Å². The lowest BCUT2D eigenvalue weighted by molar-refractivity contribution is 0.688. The number of aromatic amines is 1. The van der Waals surface area contributed by atoms with Crippen LogP contribution in [0, 0.1) is 0 Å². The summed E-state index contributed by atoms with van der Waals surface area (Å²) >= 11 is 12.0. The molecular formula is C15H11Cl2N5O. The maximum absolute atomic E-state index is 11.8. The summed E-state index contributed by atoms with van der Waals surface area (Å²) in [4.78, 5) is 29.7. The number of hydrogen-bond acceptors (Lipinski definition) is 5. The van der Waals surface area contributed by atoms with Crippen molar-refractivity contribution in [1.82, 2.24) is 19.9 Å². The molecule has 8 heteroatoms. The molecule has 0 saturated heterocycles. The van der Waals surface area contributed by atoms with Crippen LogP contribution in [0.2, 0.25) is 10.0 Å². The first-order valence-corrected chi connectivity index (χ1v) is 7.79. The lowest BCUT2D eigenvalue weighted by atomic mass is 10.1. The first-order valence-electron chi connectivity index (χ1n) is 7.04. The molecule has 0 bridgehead atoms. The smallest absolute Gasteiger partial charge is 0.254 e. The molecule has 116 valence electrons. The zero-order valence-corrected chi connectivity index (χ0v) is 13.4. The average Bonchev–Trinajstić information content (AvgIpc) is 2.55. The van der Waals surface area contributed by atoms with Crippen LogP contribution < -0.4 is 10.5 Å². The Morgan fingerprint density at radius 2 is 1.91 bits per heavy atom. The highest BCUT2D eigenvalue weighted by atomic mass is 35.5. The first kappa shape index (κ1) is 14.4. The second-order valence-corrected chi connectivity index (χ2v) is 6.13. The van der Waals surface area contributed by atoms with Gasteiger partial charge in [-0.05, 0) is 18.6 Å². The molecule has 0 fully saturated rings. The second-order valence-electron chi connectivity index (χ2n) is 5.31. The molecule has 0 atom stereocenters. The predicted octanol–water partition coefficient (Wildman–Crippen LogP) is 2.58. The van der Waals surface area contributed by atoms with Gasteiger partial charge in [-0.15, -0.1) is 0 Å². The number of anilines is 1. The first-order chi connectivity index (χ1) is 11.1. The molecule has 1 N–H and O–H groups in total. The van der Waals surface area contributed by atoms with Gasteiger partial charge in [0.2, 0.25) is 0 Å². The lowest BCUT2D eigenvalue weighted by Crippen LogP contribution is -2.35. The molecule has 23 heavy (non-hydrogen) atoms. The molecule has 1 aliphatic rings. The van der Waals surface area contributed by atoms with Crippen molar-refractivity contribution >= 4 is 40.1 Å². The molecule has 0 saturated carbocycles. The van der Waals surface area contributed by atoms with E-state index < -0.39 is 0 Å². The molecule has 1 aromatic carbocycles. The Bertz CT molecular complexity index is 972. The average molecular weight is 348 g/mol. The van der Waals surface area contributed by atoms with Crippen molar-refractivity contribution in [3.63, 3.8) is 0 Å². The van der Waals surface area contributed by atoms with Crippen LogP contribution in [0.3, 0.4) is 0 Å². The van der Waals surface area contributed by atoms with E-state index in [-0.39, 0.29) is 5.56 Å². The van der Waals surface area contributed by atoms with Crippen molar-refractivity contribution in [2.75, 3.05) is 11.4 Å². The minimum atomic E-state index is -0.0688. The maximum atomic E-state index is 11.8. The largest absolute Gasteiger partial charge is 0.349 e. The van der Waals surface area contributed by atoms with Crippen molar-refractivity contribution < 1.29 is 0 Å². The van der Waals surface area contributed by atoms with Gasteiger partial charge in [-0.1, -0.05) is 23.2 Å². The molecule has 0 spiro atoms. The van der Waals surface area contributed by atoms with Gasteiger partial charge in [0.05, 0.1) is 45.8 Å². The SMILES string of the molecule is O=c1[nH]cnc2c1CCN(c1cnc3cc(Cl)c(Cl)cc3n1)C2. The predicted molar refractivity (Wildman–Crippen MR) is 89.2 cm³/mol. The number of aromatic nitrogens is 4. The van der Waals surface area contributed by atoms with Gasteiger partial charge in [0, 0.05) is 12.1 Å². The fourth-order valence-corrected chi connectivity index (χ4v) is 3.03. The third-order valence-corrected chi connectivity index (χ3v) is 4.63. The Hall–Kier alpha value is -2.18. The molecule has 1 aliphatic heterocycles. The van der Waals surface area contributed by atoms with Crippen LogP contribution in [0.1, 0.15) is 11.3 Å². The minimum Gasteiger partial charge on any atom is -0.349 e. The zero-order chi connectivity index (χ0) is 16.0. The molecule has 0 radical (unpaired) electrons. The van der Waals surface area contributed by atoms with Crippen molar-refractivity contribution in [3.05, 3.63) is 56.3 Å². The summed E-state index contributed by atoms with van der Waals surface area (Å²) in [6.45, 7) is 1.21. The Balaban J connectivity index is 1.73. The topological polar surface area (TPSA) is 74.8 Å². The summed E-state index contributed by atoms with van der Waals surface area (Å²) in [6.07, 6.45) is 3.75. The summed E-state index contributed by atoms with van der Waals surface area (Å²) in [5.74, 6) is 0.726. The maximum Gasteiger partial charge on any atom is 0.254 e. The standard InChI is InChI=1S/C15H11Cl2N5O/c16-9-3-11-12(4-10(9)17)21-14(5-18-11)22-2-1-8-13(6-22)19-7-20-15(8)23/h3-5,7H,1-2,6H2,(H,19,20,23). The number of nitrogens with one attached hydrogen (secondary N) is 1. The van der Waals surface area contributed by atoms with Gasteiger partial charge in [0.25, 0.3) is 5.56 Å². The van der Waals surface area contributed by atoms with Gasteiger partial charge in [-0.2, -0.15) is 0 Å². The zero-order valence-electron chi connectivity index (χ0n) is 11.9. The molecule has 0 unspecified atom stereocenters. The molecule has 0 aliphatic carbocycles. The van der Waals surface area contributed by atoms with Crippen molar-refractivity contribution in [2.45, 2.75) is 13.0 Å². The summed E-state index contributed by atoms with van der Waals surface area (Å²) in [5, 5.41) is 0.902. The molecule has 2 aromatic heterocycles. The normalized spacial score (nSPS) is 14.1. The summed E-state index contributed by atoms with van der Waals surface area (Å²) in [5.41, 5.74) is 2.82. The van der Waals surface area contributed by atoms with E-state index in [1.54, 1.807) is 18.3 Å². The van der Waals surface area contributed by atoms with E-state index in [1.165, 1.54) is 6.33 Å². The molecule has 4 rings (SSSR count). The van der Waals surface area contributed by atoms with Crippen molar-refractivity contribution in [1.29, 1.82) is 0 Å². The monoisotopic (exact) mass is 347 g/mol. The number of rotatable bonds is 1. The van der Waals surface area contributed by atoms with E-state index >= 15 is 0 Å². The number of H-pyrrole nitrogens is 1. The third-order valence-electron chi connectivity index (χ3n) is 3.91. The quantitative estimate of drug-likeness (QED) is 0.732. The van der Waals surface area contributed by atoms with Crippen LogP contribution in [0.4, 0.5) is 5.82 Å². The third kappa shape index (κ3) is 2.54. The van der Waals surface area contributed by atoms with Crippen LogP contribution in [0.25, 0.3) is 11.0 Å². The second kappa shape index (κ2) is 5.47. The number of nitrogens with zero attached hydrogens (tertiary/aromatic N) is 4. The van der Waals surface area contributed by atoms with E-state index in [0.717, 1.165) is 17.1 Å². The Morgan fingerprint density at radius 1 is 1.13 bits per heavy atom. The molecule has 0 amide bonds. The van der Waals surface area contributed by atoms with E-state index in [4.69, 9.17) is 23.2 Å². The van der Waals surface area contributed by atoms with E-state index in [1.807, 2.05) is 4.90 Å². The van der Waals surface area contributed by atoms with Crippen molar-refractivity contribution in [2.24, 2.45) is 0 Å². The van der Waals surface area contributed by atoms with Crippen LogP contribution in [-0.4, -0.2) is 26.5 Å². The van der Waals surface area contributed by atoms with Gasteiger partial charge >= 0.3 is 0 Å². The number of halogens is 2. The summed E-state index contributed by atoms with van der Waals surface area (Å²) in [6, 6.07) is 3.40. The van der Waals surface area contributed by atoms with Gasteiger partial charge in [0.1, 0.15) is 5.82 Å². The van der Waals surface area contributed by atoms with Crippen LogP contribution >= 0.6 is 23.2 Å². The van der Waals surface area contributed by atoms with Crippen LogP contribution in [-0.2, 0) is 13.0 Å². The Morgan fingerprint density at radius 3 is 2.74 bits per heavy atom. The Labute approximate surface area is 141 Å². The van der Waals surface area contributed by atoms with Gasteiger partial charge in [0.15, 0.2) is 0 Å².